The maximum absolute atomic E-state index is 13.6. The van der Waals surface area contributed by atoms with Gasteiger partial charge in [-0.25, -0.2) is 9.59 Å². The number of hydrogen-bond acceptors (Lipinski definition) is 7. The predicted molar refractivity (Wildman–Crippen MR) is 246 cm³/mol. The lowest BCUT2D eigenvalue weighted by molar-refractivity contribution is 0.396. The highest BCUT2D eigenvalue weighted by atomic mass is 16.5. The third-order valence-electron chi connectivity index (χ3n) is 12.4. The third-order valence-corrected chi connectivity index (χ3v) is 12.4. The van der Waals surface area contributed by atoms with E-state index in [-0.39, 0.29) is 5.63 Å². The topological polar surface area (TPSA) is 102 Å². The summed E-state index contributed by atoms with van der Waals surface area (Å²) in [5.41, 5.74) is 12.3. The molecule has 0 saturated heterocycles. The second-order valence-corrected chi connectivity index (χ2v) is 16.0. The highest BCUT2D eigenvalue weighted by Crippen LogP contribution is 2.40. The van der Waals surface area contributed by atoms with E-state index in [0.29, 0.717) is 39.2 Å². The van der Waals surface area contributed by atoms with Crippen molar-refractivity contribution < 1.29 is 18.3 Å². The van der Waals surface area contributed by atoms with Crippen molar-refractivity contribution in [3.8, 4) is 56.5 Å². The molecule has 0 amide bonds. The van der Waals surface area contributed by atoms with Crippen molar-refractivity contribution in [2.24, 2.45) is 28.2 Å². The monoisotopic (exact) mass is 817 g/mol. The van der Waals surface area contributed by atoms with Gasteiger partial charge in [0.1, 0.15) is 22.7 Å². The fraction of sp³-hybridized carbons (Fsp3) is 0.280. The molecule has 6 aromatic heterocycles. The molecule has 0 aliphatic rings. The molecule has 312 valence electrons. The van der Waals surface area contributed by atoms with Gasteiger partial charge in [-0.15, -0.1) is 0 Å². The zero-order valence-electron chi connectivity index (χ0n) is 36.1. The van der Waals surface area contributed by atoms with Crippen LogP contribution in [-0.4, -0.2) is 45.6 Å². The minimum atomic E-state index is -0.436. The Balaban J connectivity index is 1.04. The molecular formula is C50H51N5O6. The van der Waals surface area contributed by atoms with Crippen molar-refractivity contribution in [2.75, 3.05) is 32.2 Å². The van der Waals surface area contributed by atoms with Crippen LogP contribution in [0, 0.1) is 0 Å². The van der Waals surface area contributed by atoms with Crippen molar-refractivity contribution in [3.63, 3.8) is 0 Å². The first kappa shape index (κ1) is 39.6. The van der Waals surface area contributed by atoms with Gasteiger partial charge in [-0.3, -0.25) is 0 Å². The van der Waals surface area contributed by atoms with Crippen LogP contribution >= 0.6 is 0 Å². The molecule has 9 aromatic rings. The molecule has 61 heavy (non-hydrogen) atoms. The zero-order valence-corrected chi connectivity index (χ0v) is 36.1. The molecule has 0 spiro atoms. The first-order valence-electron chi connectivity index (χ1n) is 21.0. The van der Waals surface area contributed by atoms with Gasteiger partial charge >= 0.3 is 11.3 Å². The number of hydrogen-bond donors (Lipinski definition) is 0. The molecule has 9 rings (SSSR count). The molecule has 0 fully saturated rings. The second-order valence-electron chi connectivity index (χ2n) is 16.0. The minimum absolute atomic E-state index is 0.351. The summed E-state index contributed by atoms with van der Waals surface area (Å²) in [5, 5.41) is 1.59. The Hall–Kier alpha value is -6.88. The van der Waals surface area contributed by atoms with Crippen LogP contribution in [-0.2, 0) is 28.2 Å². The highest BCUT2D eigenvalue weighted by Gasteiger charge is 2.24. The van der Waals surface area contributed by atoms with Crippen molar-refractivity contribution in [2.45, 2.75) is 39.5 Å². The van der Waals surface area contributed by atoms with Gasteiger partial charge in [-0.05, 0) is 72.5 Å². The molecule has 11 heteroatoms. The van der Waals surface area contributed by atoms with Crippen LogP contribution in [0.25, 0.3) is 89.0 Å². The summed E-state index contributed by atoms with van der Waals surface area (Å²) >= 11 is 0. The maximum Gasteiger partial charge on any atom is 0.345 e. The summed E-state index contributed by atoms with van der Waals surface area (Å²) in [6.07, 6.45) is 4.50. The number of benzene rings is 3. The van der Waals surface area contributed by atoms with E-state index in [4.69, 9.17) is 18.3 Å². The summed E-state index contributed by atoms with van der Waals surface area (Å²) in [7, 11) is 11.4. The predicted octanol–water partition coefficient (Wildman–Crippen LogP) is 10.7. The van der Waals surface area contributed by atoms with Crippen LogP contribution in [0.2, 0.25) is 0 Å². The van der Waals surface area contributed by atoms with Crippen molar-refractivity contribution in [1.29, 1.82) is 0 Å². The van der Waals surface area contributed by atoms with E-state index in [9.17, 15) is 9.59 Å². The number of aromatic nitrogens is 4. The standard InChI is InChI=1S/C50H51N5O6/c1-9-11-21-55(22-12-10-2)33-18-17-32-23-36(50(57)60-44(32)24-33)38-19-20-39(51(38)3)41-29-43-48(54(41)6)47-42(52(43)4)28-40(53(47)5)31-15-13-30(14-16-31)35-27-37-45(59-8)25-34(58-7)26-46(37)61-49(35)56/h13-20,23-29H,9-12,21-22H2,1-8H3. The number of anilines is 1. The van der Waals surface area contributed by atoms with Crippen LogP contribution in [0.3, 0.4) is 0 Å². The van der Waals surface area contributed by atoms with E-state index in [0.717, 1.165) is 106 Å². The maximum atomic E-state index is 13.6. The Bertz CT molecular complexity index is 3240. The Labute approximate surface area is 353 Å². The van der Waals surface area contributed by atoms with E-state index in [1.54, 1.807) is 26.4 Å². The van der Waals surface area contributed by atoms with Gasteiger partial charge < -0.3 is 41.5 Å². The van der Waals surface area contributed by atoms with Gasteiger partial charge in [-0.1, -0.05) is 51.0 Å². The largest absolute Gasteiger partial charge is 0.496 e. The van der Waals surface area contributed by atoms with Gasteiger partial charge in [0.25, 0.3) is 0 Å². The molecule has 0 bridgehead atoms. The van der Waals surface area contributed by atoms with E-state index in [2.05, 4.69) is 88.5 Å². The second kappa shape index (κ2) is 15.6. The SMILES string of the molecule is CCCCN(CCCC)c1ccc2cc(-c3ccc(-c4cc5c(c6c(cc(-c7ccc(-c8cc9c(OC)cc(OC)cc9oc8=O)cc7)n6C)n5C)n4C)n3C)c(=O)oc2c1. The highest BCUT2D eigenvalue weighted by molar-refractivity contribution is 6.08. The number of unbranched alkanes of at least 4 members (excludes halogenated alkanes) is 2. The fourth-order valence-corrected chi connectivity index (χ4v) is 8.95. The summed E-state index contributed by atoms with van der Waals surface area (Å²) in [5.74, 6) is 1.11. The van der Waals surface area contributed by atoms with Crippen molar-refractivity contribution in [1.82, 2.24) is 18.3 Å². The Morgan fingerprint density at radius 3 is 1.85 bits per heavy atom. The molecule has 0 atom stereocenters. The molecule has 6 heterocycles. The van der Waals surface area contributed by atoms with Crippen LogP contribution in [0.4, 0.5) is 5.69 Å². The molecule has 11 nitrogen and oxygen atoms in total. The number of rotatable bonds is 13. The lowest BCUT2D eigenvalue weighted by atomic mass is 10.0. The van der Waals surface area contributed by atoms with Gasteiger partial charge in [0.2, 0.25) is 0 Å². The molecule has 0 aliphatic carbocycles. The number of aryl methyl sites for hydroxylation is 3. The zero-order chi connectivity index (χ0) is 42.7. The first-order chi connectivity index (χ1) is 29.5. The third kappa shape index (κ3) is 6.59. The molecule has 0 unspecified atom stereocenters. The summed E-state index contributed by atoms with van der Waals surface area (Å²) in [6.45, 7) is 6.39. The van der Waals surface area contributed by atoms with E-state index >= 15 is 0 Å². The van der Waals surface area contributed by atoms with E-state index < -0.39 is 5.63 Å². The normalized spacial score (nSPS) is 11.8. The van der Waals surface area contributed by atoms with Crippen molar-refractivity contribution >= 4 is 49.7 Å². The van der Waals surface area contributed by atoms with Crippen LogP contribution in [0.15, 0.2) is 109 Å². The number of nitrogens with zero attached hydrogens (tertiary/aromatic N) is 5. The fourth-order valence-electron chi connectivity index (χ4n) is 8.95. The Kier molecular flexibility index (Phi) is 10.1. The van der Waals surface area contributed by atoms with E-state index in [1.165, 1.54) is 0 Å². The molecule has 0 radical (unpaired) electrons. The smallest absolute Gasteiger partial charge is 0.345 e. The lowest BCUT2D eigenvalue weighted by Crippen LogP contribution is -2.25. The molecule has 0 aliphatic heterocycles. The first-order valence-corrected chi connectivity index (χ1v) is 21.0. The van der Waals surface area contributed by atoms with Crippen molar-refractivity contribution in [3.05, 3.63) is 112 Å². The Morgan fingerprint density at radius 2 is 1.18 bits per heavy atom. The van der Waals surface area contributed by atoms with Gasteiger partial charge in [-0.2, -0.15) is 0 Å². The van der Waals surface area contributed by atoms with E-state index in [1.807, 2.05) is 55.6 Å². The van der Waals surface area contributed by atoms with Crippen LogP contribution in [0.1, 0.15) is 39.5 Å². The lowest BCUT2D eigenvalue weighted by Gasteiger charge is -2.24. The molecule has 0 N–H and O–H groups in total. The summed E-state index contributed by atoms with van der Waals surface area (Å²) in [6, 6.07) is 30.0. The number of methoxy groups -OCH3 is 2. The molecular weight excluding hydrogens is 767 g/mol. The Morgan fingerprint density at radius 1 is 0.557 bits per heavy atom. The summed E-state index contributed by atoms with van der Waals surface area (Å²) in [4.78, 5) is 29.2. The quantitative estimate of drug-likeness (QED) is 0.107. The summed E-state index contributed by atoms with van der Waals surface area (Å²) < 4.78 is 31.5. The minimum Gasteiger partial charge on any atom is -0.496 e. The van der Waals surface area contributed by atoms with Gasteiger partial charge in [0, 0.05) is 70.6 Å². The average Bonchev–Trinajstić information content (AvgIpc) is 3.99. The van der Waals surface area contributed by atoms with Gasteiger partial charge in [0.05, 0.1) is 75.6 Å². The number of fused-ring (bicyclic) bond motifs is 5. The van der Waals surface area contributed by atoms with Crippen LogP contribution in [0.5, 0.6) is 11.5 Å². The van der Waals surface area contributed by atoms with Gasteiger partial charge in [0.15, 0.2) is 0 Å². The average molecular weight is 818 g/mol. The molecule has 3 aromatic carbocycles. The number of ether oxygens (including phenoxy) is 2. The molecule has 0 saturated carbocycles. The van der Waals surface area contributed by atoms with Crippen LogP contribution < -0.4 is 25.6 Å².